The van der Waals surface area contributed by atoms with Crippen molar-refractivity contribution >= 4 is 10.9 Å². The lowest BCUT2D eigenvalue weighted by atomic mass is 10.0. The van der Waals surface area contributed by atoms with E-state index < -0.39 is 0 Å². The smallest absolute Gasteiger partial charge is 0.115 e. The van der Waals surface area contributed by atoms with E-state index in [1.807, 2.05) is 12.4 Å². The van der Waals surface area contributed by atoms with Gasteiger partial charge in [-0.2, -0.15) is 0 Å². The predicted octanol–water partition coefficient (Wildman–Crippen LogP) is 4.57. The molecule has 4 aromatic rings. The van der Waals surface area contributed by atoms with Gasteiger partial charge in [-0.3, -0.25) is 4.90 Å². The minimum absolute atomic E-state index is 0.985. The number of benzene rings is 2. The standard InChI is InChI=1S/C23H22N4/c1-2-5-17(6-3-1)14-27-10-4-7-22-21(15-27)20-11-18(8-9-23(20)26-22)19-12-24-16-25-13-19/h1-3,5-6,8-9,11-13,16,26H,4,7,10,14-15H2. The first-order valence-electron chi connectivity index (χ1n) is 9.52. The zero-order valence-electron chi connectivity index (χ0n) is 15.2. The van der Waals surface area contributed by atoms with E-state index in [1.54, 1.807) is 6.33 Å². The van der Waals surface area contributed by atoms with E-state index in [9.17, 15) is 0 Å². The molecule has 0 spiro atoms. The number of fused-ring (bicyclic) bond motifs is 3. The van der Waals surface area contributed by atoms with Crippen LogP contribution in [0.2, 0.25) is 0 Å². The van der Waals surface area contributed by atoms with Gasteiger partial charge in [-0.05, 0) is 48.2 Å². The van der Waals surface area contributed by atoms with Gasteiger partial charge in [0, 0.05) is 47.6 Å². The van der Waals surface area contributed by atoms with Gasteiger partial charge < -0.3 is 4.98 Å². The Morgan fingerprint density at radius 1 is 0.963 bits per heavy atom. The van der Waals surface area contributed by atoms with Crippen molar-refractivity contribution in [2.75, 3.05) is 6.54 Å². The van der Waals surface area contributed by atoms with Crippen LogP contribution in [0.1, 0.15) is 23.2 Å². The first-order chi connectivity index (χ1) is 13.4. The second-order valence-corrected chi connectivity index (χ2v) is 7.27. The molecular formula is C23H22N4. The number of aromatic amines is 1. The monoisotopic (exact) mass is 354 g/mol. The summed E-state index contributed by atoms with van der Waals surface area (Å²) in [7, 11) is 0. The lowest BCUT2D eigenvalue weighted by molar-refractivity contribution is 0.262. The van der Waals surface area contributed by atoms with Gasteiger partial charge in [-0.25, -0.2) is 9.97 Å². The Hall–Kier alpha value is -2.98. The van der Waals surface area contributed by atoms with Crippen molar-refractivity contribution in [1.82, 2.24) is 19.9 Å². The van der Waals surface area contributed by atoms with Crippen molar-refractivity contribution in [1.29, 1.82) is 0 Å². The van der Waals surface area contributed by atoms with Gasteiger partial charge in [0.25, 0.3) is 0 Å². The van der Waals surface area contributed by atoms with Crippen LogP contribution in [0.4, 0.5) is 0 Å². The summed E-state index contributed by atoms with van der Waals surface area (Å²) in [4.78, 5) is 14.5. The first-order valence-corrected chi connectivity index (χ1v) is 9.52. The van der Waals surface area contributed by atoms with Crippen LogP contribution in [0.25, 0.3) is 22.0 Å². The first kappa shape index (κ1) is 16.2. The fraction of sp³-hybridized carbons (Fsp3) is 0.217. The van der Waals surface area contributed by atoms with Gasteiger partial charge in [0.1, 0.15) is 6.33 Å². The number of nitrogens with one attached hydrogen (secondary N) is 1. The molecule has 5 rings (SSSR count). The van der Waals surface area contributed by atoms with Crippen LogP contribution in [0.3, 0.4) is 0 Å². The summed E-state index contributed by atoms with van der Waals surface area (Å²) in [6.45, 7) is 3.11. The minimum atomic E-state index is 0.985. The Labute approximate surface area is 158 Å². The van der Waals surface area contributed by atoms with Gasteiger partial charge in [0.05, 0.1) is 0 Å². The van der Waals surface area contributed by atoms with Crippen LogP contribution >= 0.6 is 0 Å². The van der Waals surface area contributed by atoms with E-state index in [0.29, 0.717) is 0 Å². The number of aromatic nitrogens is 3. The molecule has 0 unspecified atom stereocenters. The van der Waals surface area contributed by atoms with Crippen molar-refractivity contribution in [3.05, 3.63) is 84.1 Å². The van der Waals surface area contributed by atoms with E-state index in [1.165, 1.54) is 39.7 Å². The van der Waals surface area contributed by atoms with Gasteiger partial charge in [0.15, 0.2) is 0 Å². The fourth-order valence-corrected chi connectivity index (χ4v) is 4.08. The van der Waals surface area contributed by atoms with Crippen molar-refractivity contribution in [2.24, 2.45) is 0 Å². The SMILES string of the molecule is c1ccc(CN2CCCc3[nH]c4ccc(-c5cncnc5)cc4c3C2)cc1. The van der Waals surface area contributed by atoms with Crippen LogP contribution in [-0.4, -0.2) is 26.4 Å². The predicted molar refractivity (Wildman–Crippen MR) is 108 cm³/mol. The summed E-state index contributed by atoms with van der Waals surface area (Å²) in [6.07, 6.45) is 7.62. The van der Waals surface area contributed by atoms with Gasteiger partial charge in [-0.15, -0.1) is 0 Å². The molecule has 1 N–H and O–H groups in total. The highest BCUT2D eigenvalue weighted by Gasteiger charge is 2.19. The van der Waals surface area contributed by atoms with Crippen molar-refractivity contribution in [2.45, 2.75) is 25.9 Å². The Kier molecular flexibility index (Phi) is 4.18. The number of H-pyrrole nitrogens is 1. The summed E-state index contributed by atoms with van der Waals surface area (Å²) < 4.78 is 0. The van der Waals surface area contributed by atoms with Crippen molar-refractivity contribution in [3.8, 4) is 11.1 Å². The molecule has 3 heterocycles. The summed E-state index contributed by atoms with van der Waals surface area (Å²) >= 11 is 0. The van der Waals surface area contributed by atoms with Crippen LogP contribution in [0.15, 0.2) is 67.3 Å². The topological polar surface area (TPSA) is 44.8 Å². The van der Waals surface area contributed by atoms with Crippen LogP contribution in [-0.2, 0) is 19.5 Å². The molecule has 134 valence electrons. The molecule has 0 amide bonds. The van der Waals surface area contributed by atoms with Gasteiger partial charge >= 0.3 is 0 Å². The van der Waals surface area contributed by atoms with Crippen LogP contribution < -0.4 is 0 Å². The molecule has 0 fully saturated rings. The average molecular weight is 354 g/mol. The maximum Gasteiger partial charge on any atom is 0.115 e. The quantitative estimate of drug-likeness (QED) is 0.586. The Morgan fingerprint density at radius 2 is 1.81 bits per heavy atom. The minimum Gasteiger partial charge on any atom is -0.358 e. The van der Waals surface area contributed by atoms with E-state index in [4.69, 9.17) is 0 Å². The van der Waals surface area contributed by atoms with E-state index in [0.717, 1.165) is 31.6 Å². The molecule has 0 atom stereocenters. The molecule has 0 saturated heterocycles. The normalized spacial score (nSPS) is 14.8. The van der Waals surface area contributed by atoms with E-state index in [2.05, 4.69) is 68.4 Å². The molecule has 27 heavy (non-hydrogen) atoms. The number of hydrogen-bond donors (Lipinski definition) is 1. The molecule has 0 bridgehead atoms. The highest BCUT2D eigenvalue weighted by Crippen LogP contribution is 2.31. The third-order valence-corrected chi connectivity index (χ3v) is 5.42. The Morgan fingerprint density at radius 3 is 2.67 bits per heavy atom. The maximum atomic E-state index is 4.16. The van der Waals surface area contributed by atoms with Gasteiger partial charge in [0.2, 0.25) is 0 Å². The molecule has 2 aromatic carbocycles. The lowest BCUT2D eigenvalue weighted by Crippen LogP contribution is -2.22. The zero-order chi connectivity index (χ0) is 18.1. The molecule has 0 saturated carbocycles. The van der Waals surface area contributed by atoms with Crippen molar-refractivity contribution in [3.63, 3.8) is 0 Å². The van der Waals surface area contributed by atoms with E-state index >= 15 is 0 Å². The average Bonchev–Trinajstić information content (AvgIpc) is 2.93. The largest absolute Gasteiger partial charge is 0.358 e. The Bertz CT molecular complexity index is 1050. The summed E-state index contributed by atoms with van der Waals surface area (Å²) in [5.41, 5.74) is 7.66. The highest BCUT2D eigenvalue weighted by molar-refractivity contribution is 5.89. The molecule has 4 heteroatoms. The molecule has 4 nitrogen and oxygen atoms in total. The highest BCUT2D eigenvalue weighted by atomic mass is 15.1. The third kappa shape index (κ3) is 3.24. The van der Waals surface area contributed by atoms with Crippen LogP contribution in [0.5, 0.6) is 0 Å². The van der Waals surface area contributed by atoms with Crippen LogP contribution in [0, 0.1) is 0 Å². The molecule has 0 radical (unpaired) electrons. The number of rotatable bonds is 3. The van der Waals surface area contributed by atoms with Crippen molar-refractivity contribution < 1.29 is 0 Å². The molecular weight excluding hydrogens is 332 g/mol. The molecule has 0 aliphatic carbocycles. The second kappa shape index (κ2) is 6.97. The second-order valence-electron chi connectivity index (χ2n) is 7.27. The Balaban J connectivity index is 1.51. The summed E-state index contributed by atoms with van der Waals surface area (Å²) in [5.74, 6) is 0. The maximum absolute atomic E-state index is 4.16. The number of aryl methyl sites for hydroxylation is 1. The summed E-state index contributed by atoms with van der Waals surface area (Å²) in [6, 6.07) is 17.4. The third-order valence-electron chi connectivity index (χ3n) is 5.42. The zero-order valence-corrected chi connectivity index (χ0v) is 15.2. The van der Waals surface area contributed by atoms with Gasteiger partial charge in [-0.1, -0.05) is 36.4 Å². The summed E-state index contributed by atoms with van der Waals surface area (Å²) in [5, 5.41) is 1.33. The molecule has 2 aromatic heterocycles. The lowest BCUT2D eigenvalue weighted by Gasteiger charge is -2.20. The number of hydrogen-bond acceptors (Lipinski definition) is 3. The molecule has 1 aliphatic rings. The fourth-order valence-electron chi connectivity index (χ4n) is 4.08. The number of nitrogens with zero attached hydrogens (tertiary/aromatic N) is 3. The van der Waals surface area contributed by atoms with E-state index in [-0.39, 0.29) is 0 Å². The molecule has 1 aliphatic heterocycles.